The van der Waals surface area contributed by atoms with Gasteiger partial charge in [0.2, 0.25) is 0 Å². The summed E-state index contributed by atoms with van der Waals surface area (Å²) in [5.74, 6) is -1.46. The highest BCUT2D eigenvalue weighted by molar-refractivity contribution is 5.76. The van der Waals surface area contributed by atoms with Crippen LogP contribution in [0.1, 0.15) is 11.7 Å². The molecule has 5 heteroatoms. The number of benzene rings is 3. The number of hydrogen-bond donors (Lipinski definition) is 3. The summed E-state index contributed by atoms with van der Waals surface area (Å²) >= 11 is 0. The first-order valence-electron chi connectivity index (χ1n) is 8.17. The van der Waals surface area contributed by atoms with Gasteiger partial charge in [0, 0.05) is 17.1 Å². The first kappa shape index (κ1) is 17.7. The van der Waals surface area contributed by atoms with Gasteiger partial charge in [-0.15, -0.1) is 0 Å². The number of hydrogen-bond acceptors (Lipinski definition) is 4. The van der Waals surface area contributed by atoms with Crippen LogP contribution in [0.2, 0.25) is 0 Å². The number of carboxylic acids is 1. The summed E-state index contributed by atoms with van der Waals surface area (Å²) in [5, 5.41) is 28.3. The molecule has 3 aromatic rings. The second kappa shape index (κ2) is 7.82. The van der Waals surface area contributed by atoms with E-state index >= 15 is 0 Å². The molecule has 0 heterocycles. The molecule has 0 aliphatic carbocycles. The minimum Gasteiger partial charge on any atom is -0.479 e. The quantitative estimate of drug-likeness (QED) is 0.633. The Morgan fingerprint density at radius 2 is 1.12 bits per heavy atom. The summed E-state index contributed by atoms with van der Waals surface area (Å²) in [7, 11) is 0. The fraction of sp³-hybridized carbons (Fsp3) is 0.0952. The summed E-state index contributed by atoms with van der Waals surface area (Å²) in [4.78, 5) is 12.9. The lowest BCUT2D eigenvalue weighted by atomic mass is 10.0. The van der Waals surface area contributed by atoms with Crippen LogP contribution in [-0.4, -0.2) is 27.4 Å². The standard InChI is InChI=1S/C21H19NO4/c23-19(20(24)21(25)26)15-11-13-18(14-12-15)22(16-7-3-1-4-8-16)17-9-5-2-6-10-17/h1-14,19-20,23-24H,(H,25,26). The monoisotopic (exact) mass is 349 g/mol. The summed E-state index contributed by atoms with van der Waals surface area (Å²) in [5.41, 5.74) is 3.13. The van der Waals surface area contributed by atoms with Gasteiger partial charge in [0.15, 0.2) is 6.10 Å². The number of aliphatic hydroxyl groups excluding tert-OH is 2. The molecule has 0 amide bonds. The third-order valence-corrected chi connectivity index (χ3v) is 4.07. The van der Waals surface area contributed by atoms with E-state index in [1.807, 2.05) is 65.6 Å². The molecule has 0 aliphatic rings. The summed E-state index contributed by atoms with van der Waals surface area (Å²) in [6.07, 6.45) is -3.34. The van der Waals surface area contributed by atoms with Gasteiger partial charge in [-0.05, 0) is 42.0 Å². The molecule has 0 fully saturated rings. The Morgan fingerprint density at radius 3 is 1.54 bits per heavy atom. The number of aliphatic hydroxyl groups is 2. The van der Waals surface area contributed by atoms with Crippen molar-refractivity contribution in [3.8, 4) is 0 Å². The van der Waals surface area contributed by atoms with Gasteiger partial charge in [-0.2, -0.15) is 0 Å². The maximum atomic E-state index is 10.8. The number of rotatable bonds is 6. The lowest BCUT2D eigenvalue weighted by Gasteiger charge is -2.26. The Balaban J connectivity index is 1.97. The van der Waals surface area contributed by atoms with E-state index in [0.717, 1.165) is 17.1 Å². The molecule has 0 radical (unpaired) electrons. The van der Waals surface area contributed by atoms with Crippen LogP contribution in [0.15, 0.2) is 84.9 Å². The Morgan fingerprint density at radius 1 is 0.692 bits per heavy atom. The van der Waals surface area contributed by atoms with Crippen molar-refractivity contribution in [2.45, 2.75) is 12.2 Å². The van der Waals surface area contributed by atoms with E-state index in [9.17, 15) is 15.0 Å². The summed E-state index contributed by atoms with van der Waals surface area (Å²) in [6.45, 7) is 0. The maximum absolute atomic E-state index is 10.8. The number of aliphatic carboxylic acids is 1. The topological polar surface area (TPSA) is 81.0 Å². The smallest absolute Gasteiger partial charge is 0.335 e. The first-order chi connectivity index (χ1) is 12.6. The van der Waals surface area contributed by atoms with Gasteiger partial charge in [0.1, 0.15) is 6.10 Å². The second-order valence-electron chi connectivity index (χ2n) is 5.83. The highest BCUT2D eigenvalue weighted by Crippen LogP contribution is 2.34. The number of carboxylic acid groups (broad SMARTS) is 1. The number of para-hydroxylation sites is 2. The highest BCUT2D eigenvalue weighted by Gasteiger charge is 2.25. The normalized spacial score (nSPS) is 13.0. The molecular formula is C21H19NO4. The van der Waals surface area contributed by atoms with Crippen molar-refractivity contribution in [1.82, 2.24) is 0 Å². The Hall–Kier alpha value is -3.15. The zero-order valence-corrected chi connectivity index (χ0v) is 13.9. The average molecular weight is 349 g/mol. The van der Waals surface area contributed by atoms with E-state index < -0.39 is 18.2 Å². The van der Waals surface area contributed by atoms with Gasteiger partial charge < -0.3 is 20.2 Å². The summed E-state index contributed by atoms with van der Waals surface area (Å²) < 4.78 is 0. The molecule has 132 valence electrons. The second-order valence-corrected chi connectivity index (χ2v) is 5.83. The van der Waals surface area contributed by atoms with Crippen molar-refractivity contribution in [2.75, 3.05) is 4.90 Å². The van der Waals surface area contributed by atoms with Crippen molar-refractivity contribution in [3.63, 3.8) is 0 Å². The van der Waals surface area contributed by atoms with Crippen molar-refractivity contribution < 1.29 is 20.1 Å². The minimum atomic E-state index is -1.86. The predicted molar refractivity (Wildman–Crippen MR) is 99.7 cm³/mol. The Bertz CT molecular complexity index is 811. The molecule has 0 aromatic heterocycles. The van der Waals surface area contributed by atoms with Gasteiger partial charge in [-0.1, -0.05) is 48.5 Å². The lowest BCUT2D eigenvalue weighted by Crippen LogP contribution is -2.27. The van der Waals surface area contributed by atoms with E-state index in [0.29, 0.717) is 5.56 Å². The van der Waals surface area contributed by atoms with Gasteiger partial charge >= 0.3 is 5.97 Å². The number of anilines is 3. The minimum absolute atomic E-state index is 0.338. The molecule has 0 spiro atoms. The zero-order chi connectivity index (χ0) is 18.5. The van der Waals surface area contributed by atoms with Gasteiger partial charge in [-0.25, -0.2) is 4.79 Å². The molecule has 5 nitrogen and oxygen atoms in total. The molecule has 0 aliphatic heterocycles. The molecule has 0 saturated heterocycles. The van der Waals surface area contributed by atoms with Crippen molar-refractivity contribution in [3.05, 3.63) is 90.5 Å². The van der Waals surface area contributed by atoms with Gasteiger partial charge in [0.25, 0.3) is 0 Å². The fourth-order valence-electron chi connectivity index (χ4n) is 2.74. The molecule has 0 bridgehead atoms. The van der Waals surface area contributed by atoms with Crippen molar-refractivity contribution in [1.29, 1.82) is 0 Å². The van der Waals surface area contributed by atoms with Crippen molar-refractivity contribution >= 4 is 23.0 Å². The van der Waals surface area contributed by atoms with Gasteiger partial charge in [-0.3, -0.25) is 0 Å². The van der Waals surface area contributed by atoms with Crippen LogP contribution in [-0.2, 0) is 4.79 Å². The lowest BCUT2D eigenvalue weighted by molar-refractivity contribution is -0.153. The van der Waals surface area contributed by atoms with E-state index in [4.69, 9.17) is 5.11 Å². The third-order valence-electron chi connectivity index (χ3n) is 4.07. The van der Waals surface area contributed by atoms with Crippen LogP contribution in [0.4, 0.5) is 17.1 Å². The molecule has 3 aromatic carbocycles. The molecule has 26 heavy (non-hydrogen) atoms. The highest BCUT2D eigenvalue weighted by atomic mass is 16.4. The van der Waals surface area contributed by atoms with E-state index in [2.05, 4.69) is 0 Å². The summed E-state index contributed by atoms with van der Waals surface area (Å²) in [6, 6.07) is 26.5. The number of carbonyl (C=O) groups is 1. The third kappa shape index (κ3) is 3.74. The van der Waals surface area contributed by atoms with Crippen molar-refractivity contribution in [2.24, 2.45) is 0 Å². The van der Waals surface area contributed by atoms with Crippen LogP contribution in [0.25, 0.3) is 0 Å². The molecule has 0 saturated carbocycles. The van der Waals surface area contributed by atoms with Crippen LogP contribution >= 0.6 is 0 Å². The largest absolute Gasteiger partial charge is 0.479 e. The molecule has 2 atom stereocenters. The maximum Gasteiger partial charge on any atom is 0.335 e. The Kier molecular flexibility index (Phi) is 5.31. The SMILES string of the molecule is O=C(O)C(O)C(O)c1ccc(N(c2ccccc2)c2ccccc2)cc1. The van der Waals surface area contributed by atoms with E-state index in [-0.39, 0.29) is 0 Å². The molecule has 3 rings (SSSR count). The van der Waals surface area contributed by atoms with Crippen LogP contribution < -0.4 is 4.90 Å². The van der Waals surface area contributed by atoms with Crippen LogP contribution in [0, 0.1) is 0 Å². The zero-order valence-electron chi connectivity index (χ0n) is 13.9. The first-order valence-corrected chi connectivity index (χ1v) is 8.17. The molecular weight excluding hydrogens is 330 g/mol. The molecule has 3 N–H and O–H groups in total. The fourth-order valence-corrected chi connectivity index (χ4v) is 2.74. The predicted octanol–water partition coefficient (Wildman–Crippen LogP) is 3.64. The number of nitrogens with zero attached hydrogens (tertiary/aromatic N) is 1. The van der Waals surface area contributed by atoms with Crippen LogP contribution in [0.5, 0.6) is 0 Å². The Labute approximate surface area is 151 Å². The van der Waals surface area contributed by atoms with E-state index in [1.54, 1.807) is 24.3 Å². The van der Waals surface area contributed by atoms with Gasteiger partial charge in [0.05, 0.1) is 0 Å². The average Bonchev–Trinajstić information content (AvgIpc) is 2.69. The molecule has 2 unspecified atom stereocenters. The van der Waals surface area contributed by atoms with Crippen LogP contribution in [0.3, 0.4) is 0 Å². The van der Waals surface area contributed by atoms with E-state index in [1.165, 1.54) is 0 Å².